The van der Waals surface area contributed by atoms with E-state index < -0.39 is 8.32 Å². The van der Waals surface area contributed by atoms with Gasteiger partial charge in [0.15, 0.2) is 8.32 Å². The van der Waals surface area contributed by atoms with Crippen LogP contribution in [0.3, 0.4) is 0 Å². The lowest BCUT2D eigenvalue weighted by molar-refractivity contribution is 0.126. The molecule has 1 aromatic rings. The number of nitrogens with zero attached hydrogens (tertiary/aromatic N) is 2. The van der Waals surface area contributed by atoms with E-state index in [1.807, 2.05) is 12.1 Å². The lowest BCUT2D eigenvalue weighted by atomic mass is 9.91. The zero-order chi connectivity index (χ0) is 20.5. The summed E-state index contributed by atoms with van der Waals surface area (Å²) in [7, 11) is -1.75. The monoisotopic (exact) mass is 418 g/mol. The Morgan fingerprint density at radius 2 is 1.93 bits per heavy atom. The molecular weight excluding hydrogens is 384 g/mol. The second-order valence-electron chi connectivity index (χ2n) is 10.2. The van der Waals surface area contributed by atoms with Crippen LogP contribution in [0, 0.1) is 17.2 Å². The quantitative estimate of drug-likeness (QED) is 0.478. The molecule has 2 atom stereocenters. The molecular formula is C23H35ClN2OSi. The van der Waals surface area contributed by atoms with Gasteiger partial charge in [-0.05, 0) is 80.8 Å². The van der Waals surface area contributed by atoms with Crippen molar-refractivity contribution in [1.82, 2.24) is 0 Å². The van der Waals surface area contributed by atoms with Gasteiger partial charge in [-0.25, -0.2) is 0 Å². The molecule has 0 radical (unpaired) electrons. The molecule has 5 heteroatoms. The normalized spacial score (nSPS) is 23.3. The van der Waals surface area contributed by atoms with E-state index in [-0.39, 0.29) is 5.04 Å². The van der Waals surface area contributed by atoms with Crippen molar-refractivity contribution in [3.05, 3.63) is 28.8 Å². The van der Waals surface area contributed by atoms with Crippen LogP contribution in [0.25, 0.3) is 0 Å². The van der Waals surface area contributed by atoms with Gasteiger partial charge in [0, 0.05) is 24.4 Å². The Morgan fingerprint density at radius 3 is 2.50 bits per heavy atom. The molecule has 3 rings (SSSR count). The summed E-state index contributed by atoms with van der Waals surface area (Å²) in [4.78, 5) is 2.56. The minimum Gasteiger partial charge on any atom is -0.414 e. The van der Waals surface area contributed by atoms with E-state index in [0.717, 1.165) is 24.6 Å². The number of anilines is 1. The number of benzene rings is 1. The van der Waals surface area contributed by atoms with Gasteiger partial charge in [-0.2, -0.15) is 5.26 Å². The smallest absolute Gasteiger partial charge is 0.192 e. The van der Waals surface area contributed by atoms with Crippen molar-refractivity contribution in [2.24, 2.45) is 5.92 Å². The fourth-order valence-electron chi connectivity index (χ4n) is 3.92. The van der Waals surface area contributed by atoms with E-state index in [2.05, 4.69) is 50.9 Å². The van der Waals surface area contributed by atoms with Crippen molar-refractivity contribution in [2.45, 2.75) is 89.6 Å². The second-order valence-corrected chi connectivity index (χ2v) is 15.4. The van der Waals surface area contributed by atoms with Gasteiger partial charge < -0.3 is 9.33 Å². The van der Waals surface area contributed by atoms with Crippen LogP contribution in [-0.4, -0.2) is 27.0 Å². The van der Waals surface area contributed by atoms with Gasteiger partial charge in [-0.15, -0.1) is 0 Å². The first kappa shape index (κ1) is 21.7. The molecule has 154 valence electrons. The van der Waals surface area contributed by atoms with E-state index in [1.54, 1.807) is 0 Å². The SMILES string of the molecule is CC(C)(C)[Si](C)(C)OC1CCCC(N(CC2CC2)c2ccc(C#N)c(Cl)c2)C1. The highest BCUT2D eigenvalue weighted by molar-refractivity contribution is 6.74. The summed E-state index contributed by atoms with van der Waals surface area (Å²) in [6.07, 6.45) is 7.71. The van der Waals surface area contributed by atoms with Crippen LogP contribution in [0.1, 0.15) is 64.9 Å². The van der Waals surface area contributed by atoms with Crippen molar-refractivity contribution >= 4 is 25.6 Å². The largest absolute Gasteiger partial charge is 0.414 e. The van der Waals surface area contributed by atoms with Gasteiger partial charge in [0.2, 0.25) is 0 Å². The minimum atomic E-state index is -1.75. The Hall–Kier alpha value is -1.02. The van der Waals surface area contributed by atoms with E-state index in [0.29, 0.717) is 22.7 Å². The minimum absolute atomic E-state index is 0.244. The van der Waals surface area contributed by atoms with Gasteiger partial charge in [0.05, 0.1) is 10.6 Å². The molecule has 2 fully saturated rings. The molecule has 0 aliphatic heterocycles. The van der Waals surface area contributed by atoms with Crippen LogP contribution in [0.5, 0.6) is 0 Å². The molecule has 0 saturated heterocycles. The van der Waals surface area contributed by atoms with Gasteiger partial charge in [-0.3, -0.25) is 0 Å². The third-order valence-corrected chi connectivity index (χ3v) is 11.7. The lowest BCUT2D eigenvalue weighted by Gasteiger charge is -2.44. The van der Waals surface area contributed by atoms with E-state index in [4.69, 9.17) is 16.0 Å². The van der Waals surface area contributed by atoms with Crippen LogP contribution in [0.4, 0.5) is 5.69 Å². The molecule has 3 nitrogen and oxygen atoms in total. The Balaban J connectivity index is 1.77. The van der Waals surface area contributed by atoms with Crippen molar-refractivity contribution in [3.8, 4) is 6.07 Å². The number of halogens is 1. The van der Waals surface area contributed by atoms with Crippen molar-refractivity contribution in [3.63, 3.8) is 0 Å². The van der Waals surface area contributed by atoms with Crippen molar-refractivity contribution < 1.29 is 4.43 Å². The maximum absolute atomic E-state index is 9.20. The van der Waals surface area contributed by atoms with Crippen molar-refractivity contribution in [2.75, 3.05) is 11.4 Å². The third kappa shape index (κ3) is 5.12. The maximum atomic E-state index is 9.20. The van der Waals surface area contributed by atoms with Crippen LogP contribution < -0.4 is 4.90 Å². The van der Waals surface area contributed by atoms with E-state index in [9.17, 15) is 5.26 Å². The average Bonchev–Trinajstić information content (AvgIpc) is 3.42. The first-order valence-electron chi connectivity index (χ1n) is 10.7. The van der Waals surface area contributed by atoms with E-state index in [1.165, 1.54) is 32.1 Å². The molecule has 0 spiro atoms. The molecule has 2 aliphatic carbocycles. The number of hydrogen-bond donors (Lipinski definition) is 0. The van der Waals surface area contributed by atoms with Crippen molar-refractivity contribution in [1.29, 1.82) is 5.26 Å². The Labute approximate surface area is 177 Å². The molecule has 0 heterocycles. The molecule has 2 unspecified atom stereocenters. The summed E-state index contributed by atoms with van der Waals surface area (Å²) in [6, 6.07) is 8.60. The van der Waals surface area contributed by atoms with Gasteiger partial charge >= 0.3 is 0 Å². The summed E-state index contributed by atoms with van der Waals surface area (Å²) in [5.41, 5.74) is 1.72. The highest BCUT2D eigenvalue weighted by Crippen LogP contribution is 2.41. The molecule has 0 aromatic heterocycles. The summed E-state index contributed by atoms with van der Waals surface area (Å²) in [5, 5.41) is 10.0. The highest BCUT2D eigenvalue weighted by Gasteiger charge is 2.41. The fourth-order valence-corrected chi connectivity index (χ4v) is 5.54. The lowest BCUT2D eigenvalue weighted by Crippen LogP contribution is -2.48. The van der Waals surface area contributed by atoms with E-state index >= 15 is 0 Å². The topological polar surface area (TPSA) is 36.3 Å². The highest BCUT2D eigenvalue weighted by atomic mass is 35.5. The Kier molecular flexibility index (Phi) is 6.49. The predicted octanol–water partition coefficient (Wildman–Crippen LogP) is 6.76. The Bertz CT molecular complexity index is 733. The summed E-state index contributed by atoms with van der Waals surface area (Å²) >= 11 is 6.36. The summed E-state index contributed by atoms with van der Waals surface area (Å²) < 4.78 is 6.78. The molecule has 28 heavy (non-hydrogen) atoms. The third-order valence-electron chi connectivity index (χ3n) is 6.86. The molecule has 2 saturated carbocycles. The molecule has 0 bridgehead atoms. The second kappa shape index (κ2) is 8.38. The number of rotatable bonds is 6. The summed E-state index contributed by atoms with van der Waals surface area (Å²) in [5.74, 6) is 0.802. The molecule has 1 aromatic carbocycles. The van der Waals surface area contributed by atoms with Crippen LogP contribution in [-0.2, 0) is 4.43 Å². The average molecular weight is 419 g/mol. The molecule has 0 amide bonds. The first-order valence-corrected chi connectivity index (χ1v) is 14.0. The number of hydrogen-bond acceptors (Lipinski definition) is 3. The van der Waals surface area contributed by atoms with Crippen LogP contribution in [0.15, 0.2) is 18.2 Å². The fraction of sp³-hybridized carbons (Fsp3) is 0.696. The molecule has 0 N–H and O–H groups in total. The Morgan fingerprint density at radius 1 is 1.21 bits per heavy atom. The molecule has 2 aliphatic rings. The summed E-state index contributed by atoms with van der Waals surface area (Å²) in [6.45, 7) is 12.8. The van der Waals surface area contributed by atoms with Gasteiger partial charge in [0.1, 0.15) is 6.07 Å². The van der Waals surface area contributed by atoms with Gasteiger partial charge in [0.25, 0.3) is 0 Å². The van der Waals surface area contributed by atoms with Gasteiger partial charge in [-0.1, -0.05) is 32.4 Å². The number of nitriles is 1. The maximum Gasteiger partial charge on any atom is 0.192 e. The van der Waals surface area contributed by atoms with Crippen LogP contribution >= 0.6 is 11.6 Å². The van der Waals surface area contributed by atoms with Crippen LogP contribution in [0.2, 0.25) is 23.2 Å². The zero-order valence-electron chi connectivity index (χ0n) is 18.1. The zero-order valence-corrected chi connectivity index (χ0v) is 19.9. The predicted molar refractivity (Wildman–Crippen MR) is 121 cm³/mol. The standard InChI is InChI=1S/C23H35ClN2OSi/c1-23(2,3)28(4,5)27-21-8-6-7-19(13-21)26(16-17-9-10-17)20-12-11-18(15-25)22(24)14-20/h11-12,14,17,19,21H,6-10,13,16H2,1-5H3. The first-order chi connectivity index (χ1) is 13.1.